The highest BCUT2D eigenvalue weighted by molar-refractivity contribution is 6.63. The van der Waals surface area contributed by atoms with E-state index < -0.39 is 59.0 Å². The van der Waals surface area contributed by atoms with Crippen molar-refractivity contribution in [2.45, 2.75) is 70.0 Å². The molecule has 0 spiro atoms. The summed E-state index contributed by atoms with van der Waals surface area (Å²) in [6.07, 6.45) is -0.179. The van der Waals surface area contributed by atoms with Crippen LogP contribution in [0.4, 0.5) is 9.59 Å². The van der Waals surface area contributed by atoms with Crippen LogP contribution in [-0.2, 0) is 24.0 Å². The number of carbonyl (C=O) groups excluding carboxylic acids is 5. The molecule has 0 radical (unpaired) electrons. The van der Waals surface area contributed by atoms with Gasteiger partial charge in [-0.25, -0.2) is 0 Å². The van der Waals surface area contributed by atoms with E-state index >= 15 is 0 Å². The minimum atomic E-state index is -1.23. The van der Waals surface area contributed by atoms with E-state index in [0.717, 1.165) is 0 Å². The molecule has 6 N–H and O–H groups in total. The van der Waals surface area contributed by atoms with Gasteiger partial charge >= 0.3 is 22.7 Å². The van der Waals surface area contributed by atoms with Crippen LogP contribution in [0, 0.1) is 0 Å². The molecule has 0 fully saturated rings. The number of rotatable bonds is 17. The summed E-state index contributed by atoms with van der Waals surface area (Å²) < 4.78 is 0. The minimum Gasteiger partial charge on any atom is -0.481 e. The standard InChI is InChI=1S/C19H28Cl2N4O9/c1-10(26)11(23-17(32)13(25-19(21)34)6-8-15(29)30)4-2-3-9-22-16(31)12(24-18(20)33)5-7-14(27)28/h11-13H,2-9H2,1H3,(H,22,31)(H,23,32)(H,24,33)(H,25,34)(H,27,28)(H,29,30). The second-order valence-corrected chi connectivity index (χ2v) is 7.95. The van der Waals surface area contributed by atoms with Gasteiger partial charge in [0.15, 0.2) is 5.78 Å². The summed E-state index contributed by atoms with van der Waals surface area (Å²) in [5.41, 5.74) is 0. The molecule has 0 aromatic carbocycles. The van der Waals surface area contributed by atoms with Gasteiger partial charge in [0.25, 0.3) is 0 Å². The third-order valence-corrected chi connectivity index (χ3v) is 4.75. The molecular formula is C19H28Cl2N4O9. The Kier molecular flexibility index (Phi) is 15.2. The summed E-state index contributed by atoms with van der Waals surface area (Å²) in [5.74, 6) is -4.07. The van der Waals surface area contributed by atoms with Gasteiger partial charge in [-0.05, 0) is 62.2 Å². The van der Waals surface area contributed by atoms with Crippen molar-refractivity contribution in [1.82, 2.24) is 21.3 Å². The van der Waals surface area contributed by atoms with E-state index in [-0.39, 0.29) is 38.0 Å². The first-order chi connectivity index (χ1) is 15.8. The molecule has 0 aliphatic heterocycles. The summed E-state index contributed by atoms with van der Waals surface area (Å²) in [4.78, 5) is 79.9. The lowest BCUT2D eigenvalue weighted by Gasteiger charge is -2.21. The highest BCUT2D eigenvalue weighted by atomic mass is 35.5. The minimum absolute atomic E-state index is 0.142. The van der Waals surface area contributed by atoms with Gasteiger partial charge in [0.2, 0.25) is 11.8 Å². The number of nitrogens with one attached hydrogen (secondary N) is 4. The fraction of sp³-hybridized carbons (Fsp3) is 0.632. The maximum atomic E-state index is 12.4. The van der Waals surface area contributed by atoms with Gasteiger partial charge in [-0.1, -0.05) is 0 Å². The van der Waals surface area contributed by atoms with E-state index in [1.165, 1.54) is 6.92 Å². The molecule has 34 heavy (non-hydrogen) atoms. The molecule has 3 unspecified atom stereocenters. The van der Waals surface area contributed by atoms with Crippen molar-refractivity contribution in [1.29, 1.82) is 0 Å². The highest BCUT2D eigenvalue weighted by Crippen LogP contribution is 2.06. The van der Waals surface area contributed by atoms with Crippen molar-refractivity contribution >= 4 is 63.5 Å². The van der Waals surface area contributed by atoms with Crippen LogP contribution in [-0.4, -0.2) is 75.2 Å². The van der Waals surface area contributed by atoms with Crippen LogP contribution < -0.4 is 21.3 Å². The zero-order chi connectivity index (χ0) is 26.3. The lowest BCUT2D eigenvalue weighted by molar-refractivity contribution is -0.138. The molecule has 192 valence electrons. The number of amides is 4. The molecule has 3 atom stereocenters. The molecule has 0 aromatic rings. The van der Waals surface area contributed by atoms with Gasteiger partial charge in [0.1, 0.15) is 12.1 Å². The molecule has 0 aromatic heterocycles. The summed E-state index contributed by atoms with van der Waals surface area (Å²) >= 11 is 10.4. The van der Waals surface area contributed by atoms with Crippen molar-refractivity contribution in [3.8, 4) is 0 Å². The molecule has 0 bridgehead atoms. The lowest BCUT2D eigenvalue weighted by atomic mass is 10.0. The number of carboxylic acid groups (broad SMARTS) is 2. The Balaban J connectivity index is 4.68. The highest BCUT2D eigenvalue weighted by Gasteiger charge is 2.25. The Morgan fingerprint density at radius 1 is 0.676 bits per heavy atom. The quantitative estimate of drug-likeness (QED) is 0.0893. The van der Waals surface area contributed by atoms with Crippen LogP contribution in [0.2, 0.25) is 0 Å². The van der Waals surface area contributed by atoms with Crippen LogP contribution >= 0.6 is 23.2 Å². The first-order valence-electron chi connectivity index (χ1n) is 10.3. The number of carboxylic acids is 2. The molecule has 0 rings (SSSR count). The number of Topliss-reactive ketones (excluding diaryl/α,β-unsaturated/α-hetero) is 1. The van der Waals surface area contributed by atoms with Crippen molar-refractivity contribution in [2.75, 3.05) is 6.54 Å². The number of hydrogen-bond acceptors (Lipinski definition) is 7. The average Bonchev–Trinajstić information content (AvgIpc) is 2.71. The summed E-state index contributed by atoms with van der Waals surface area (Å²) in [6.45, 7) is 1.39. The maximum Gasteiger partial charge on any atom is 0.314 e. The third-order valence-electron chi connectivity index (χ3n) is 4.53. The fourth-order valence-corrected chi connectivity index (χ4v) is 3.07. The molecule has 0 aliphatic rings. The molecule has 0 saturated heterocycles. The third kappa shape index (κ3) is 15.0. The second-order valence-electron chi connectivity index (χ2n) is 7.26. The van der Waals surface area contributed by atoms with Crippen LogP contribution in [0.3, 0.4) is 0 Å². The predicted molar refractivity (Wildman–Crippen MR) is 120 cm³/mol. The number of carbonyl (C=O) groups is 7. The summed E-state index contributed by atoms with van der Waals surface area (Å²) in [5, 5.41) is 24.7. The zero-order valence-electron chi connectivity index (χ0n) is 18.4. The molecule has 0 saturated carbocycles. The number of aliphatic carboxylic acids is 2. The number of unbranched alkanes of at least 4 members (excludes halogenated alkanes) is 1. The second kappa shape index (κ2) is 16.6. The van der Waals surface area contributed by atoms with Gasteiger partial charge in [0, 0.05) is 19.4 Å². The Morgan fingerprint density at radius 3 is 1.56 bits per heavy atom. The van der Waals surface area contributed by atoms with Crippen LogP contribution in [0.25, 0.3) is 0 Å². The molecular weight excluding hydrogens is 499 g/mol. The smallest absolute Gasteiger partial charge is 0.314 e. The number of ketones is 1. The summed E-state index contributed by atoms with van der Waals surface area (Å²) in [6, 6.07) is -3.27. The number of hydrogen-bond donors (Lipinski definition) is 6. The van der Waals surface area contributed by atoms with Crippen molar-refractivity contribution < 1.29 is 43.8 Å². The van der Waals surface area contributed by atoms with Gasteiger partial charge in [0.05, 0.1) is 6.04 Å². The Bertz CT molecular complexity index is 779. The molecule has 0 aliphatic carbocycles. The summed E-state index contributed by atoms with van der Waals surface area (Å²) in [7, 11) is 0. The lowest BCUT2D eigenvalue weighted by Crippen LogP contribution is -2.50. The van der Waals surface area contributed by atoms with Gasteiger partial charge < -0.3 is 31.5 Å². The van der Waals surface area contributed by atoms with E-state index in [0.29, 0.717) is 12.8 Å². The Morgan fingerprint density at radius 2 is 1.15 bits per heavy atom. The van der Waals surface area contributed by atoms with E-state index in [1.807, 2.05) is 0 Å². The van der Waals surface area contributed by atoms with E-state index in [1.54, 1.807) is 0 Å². The monoisotopic (exact) mass is 526 g/mol. The maximum absolute atomic E-state index is 12.4. The predicted octanol–water partition coefficient (Wildman–Crippen LogP) is 0.710. The Hall–Kier alpha value is -2.93. The molecule has 15 heteroatoms. The van der Waals surface area contributed by atoms with Crippen LogP contribution in [0.5, 0.6) is 0 Å². The normalized spacial score (nSPS) is 13.0. The van der Waals surface area contributed by atoms with Crippen molar-refractivity contribution in [3.63, 3.8) is 0 Å². The zero-order valence-corrected chi connectivity index (χ0v) is 19.9. The van der Waals surface area contributed by atoms with Crippen LogP contribution in [0.15, 0.2) is 0 Å². The van der Waals surface area contributed by atoms with Crippen molar-refractivity contribution in [3.05, 3.63) is 0 Å². The van der Waals surface area contributed by atoms with Gasteiger partial charge in [-0.2, -0.15) is 0 Å². The van der Waals surface area contributed by atoms with Gasteiger partial charge in [-0.3, -0.25) is 33.6 Å². The Labute approximate surface area is 205 Å². The fourth-order valence-electron chi connectivity index (χ4n) is 2.80. The molecule has 0 heterocycles. The SMILES string of the molecule is CC(=O)C(CCCCNC(=O)C(CCC(=O)O)NC(=O)Cl)NC(=O)C(CCC(=O)O)NC(=O)Cl. The largest absolute Gasteiger partial charge is 0.481 e. The van der Waals surface area contributed by atoms with E-state index in [9.17, 15) is 33.6 Å². The van der Waals surface area contributed by atoms with Crippen molar-refractivity contribution in [2.24, 2.45) is 0 Å². The van der Waals surface area contributed by atoms with Crippen LogP contribution in [0.1, 0.15) is 51.9 Å². The topological polar surface area (TPSA) is 208 Å². The van der Waals surface area contributed by atoms with Gasteiger partial charge in [-0.15, -0.1) is 0 Å². The first kappa shape index (κ1) is 31.1. The first-order valence-corrected chi connectivity index (χ1v) is 11.0. The molecule has 4 amide bonds. The molecule has 13 nitrogen and oxygen atoms in total. The average molecular weight is 527 g/mol. The van der Waals surface area contributed by atoms with E-state index in [4.69, 9.17) is 33.4 Å². The number of halogens is 2. The van der Waals surface area contributed by atoms with E-state index in [2.05, 4.69) is 21.3 Å².